The second-order valence-corrected chi connectivity index (χ2v) is 3.89. The molecule has 2 nitrogen and oxygen atoms in total. The van der Waals surface area contributed by atoms with Gasteiger partial charge in [-0.15, -0.1) is 0 Å². The first-order valence-corrected chi connectivity index (χ1v) is 5.21. The van der Waals surface area contributed by atoms with Gasteiger partial charge in [-0.2, -0.15) is 0 Å². The third-order valence-corrected chi connectivity index (χ3v) is 2.99. The normalized spacial score (nSPS) is 12.9. The fraction of sp³-hybridized carbons (Fsp3) is 0.400. The van der Waals surface area contributed by atoms with Crippen molar-refractivity contribution in [3.05, 3.63) is 33.8 Å². The number of benzene rings is 1. The molecule has 0 radical (unpaired) electrons. The van der Waals surface area contributed by atoms with Gasteiger partial charge in [0, 0.05) is 5.92 Å². The van der Waals surface area contributed by atoms with Crippen LogP contribution in [0.4, 0.5) is 0 Å². The molecule has 0 aliphatic rings. The first kappa shape index (κ1) is 11.8. The third kappa shape index (κ3) is 2.61. The van der Waals surface area contributed by atoms with Crippen molar-refractivity contribution < 1.29 is 5.11 Å². The maximum absolute atomic E-state index is 9.17. The highest BCUT2D eigenvalue weighted by Gasteiger charge is 2.14. The molecule has 1 unspecified atom stereocenters. The zero-order chi connectivity index (χ0) is 10.6. The van der Waals surface area contributed by atoms with Crippen molar-refractivity contribution in [3.8, 4) is 0 Å². The second kappa shape index (κ2) is 5.56. The van der Waals surface area contributed by atoms with E-state index >= 15 is 0 Å². The number of aliphatic hydroxyl groups excluding tert-OH is 1. The molecule has 0 amide bonds. The number of nitrogens with two attached hydrogens (primary N) is 1. The smallest absolute Gasteiger partial charge is 0.0627 e. The van der Waals surface area contributed by atoms with Crippen LogP contribution in [-0.2, 0) is 0 Å². The lowest BCUT2D eigenvalue weighted by molar-refractivity contribution is 0.260. The van der Waals surface area contributed by atoms with E-state index in [1.165, 1.54) is 0 Å². The van der Waals surface area contributed by atoms with E-state index in [1.54, 1.807) is 6.07 Å². The second-order valence-electron chi connectivity index (χ2n) is 3.10. The minimum Gasteiger partial charge on any atom is -0.396 e. The zero-order valence-corrected chi connectivity index (χ0v) is 9.22. The van der Waals surface area contributed by atoms with Crippen molar-refractivity contribution in [2.75, 3.05) is 13.2 Å². The molecule has 78 valence electrons. The number of hydrogen-bond acceptors (Lipinski definition) is 2. The molecule has 0 aliphatic heterocycles. The Morgan fingerprint density at radius 1 is 1.36 bits per heavy atom. The Hall–Kier alpha value is -0.280. The molecule has 1 aromatic carbocycles. The summed E-state index contributed by atoms with van der Waals surface area (Å²) in [4.78, 5) is 0. The minimum absolute atomic E-state index is 0.0220. The van der Waals surface area contributed by atoms with Gasteiger partial charge >= 0.3 is 0 Å². The fourth-order valence-corrected chi connectivity index (χ4v) is 1.84. The van der Waals surface area contributed by atoms with Crippen molar-refractivity contribution in [3.63, 3.8) is 0 Å². The van der Waals surface area contributed by atoms with Gasteiger partial charge in [0.15, 0.2) is 0 Å². The van der Waals surface area contributed by atoms with Crippen LogP contribution in [0, 0.1) is 0 Å². The zero-order valence-electron chi connectivity index (χ0n) is 7.71. The summed E-state index contributed by atoms with van der Waals surface area (Å²) in [7, 11) is 0. The van der Waals surface area contributed by atoms with Crippen LogP contribution in [0.3, 0.4) is 0 Å². The summed E-state index contributed by atoms with van der Waals surface area (Å²) in [5.74, 6) is -0.0220. The minimum atomic E-state index is -0.0220. The molecule has 3 N–H and O–H groups in total. The van der Waals surface area contributed by atoms with Crippen LogP contribution in [0.2, 0.25) is 10.0 Å². The quantitative estimate of drug-likeness (QED) is 0.840. The predicted molar refractivity (Wildman–Crippen MR) is 60.0 cm³/mol. The Balaban J connectivity index is 2.97. The molecular weight excluding hydrogens is 221 g/mol. The Bertz CT molecular complexity index is 304. The SMILES string of the molecule is NCCC(CO)c1cccc(Cl)c1Cl. The van der Waals surface area contributed by atoms with Crippen LogP contribution in [-0.4, -0.2) is 18.3 Å². The van der Waals surface area contributed by atoms with E-state index in [9.17, 15) is 0 Å². The molecule has 1 aromatic rings. The van der Waals surface area contributed by atoms with E-state index in [4.69, 9.17) is 34.0 Å². The molecule has 0 aliphatic carbocycles. The molecule has 1 atom stereocenters. The monoisotopic (exact) mass is 233 g/mol. The summed E-state index contributed by atoms with van der Waals surface area (Å²) in [5, 5.41) is 10.2. The van der Waals surface area contributed by atoms with Crippen molar-refractivity contribution in [2.45, 2.75) is 12.3 Å². The average Bonchev–Trinajstić information content (AvgIpc) is 2.19. The first-order valence-electron chi connectivity index (χ1n) is 4.45. The van der Waals surface area contributed by atoms with Crippen LogP contribution in [0.1, 0.15) is 17.9 Å². The maximum atomic E-state index is 9.17. The van der Waals surface area contributed by atoms with E-state index in [-0.39, 0.29) is 12.5 Å². The summed E-state index contributed by atoms with van der Waals surface area (Å²) < 4.78 is 0. The first-order chi connectivity index (χ1) is 6.70. The van der Waals surface area contributed by atoms with Crippen molar-refractivity contribution in [2.24, 2.45) is 5.73 Å². The van der Waals surface area contributed by atoms with Gasteiger partial charge in [0.25, 0.3) is 0 Å². The molecular formula is C10H13Cl2NO. The molecule has 0 aromatic heterocycles. The van der Waals surface area contributed by atoms with E-state index < -0.39 is 0 Å². The van der Waals surface area contributed by atoms with Crippen molar-refractivity contribution in [1.82, 2.24) is 0 Å². The molecule has 14 heavy (non-hydrogen) atoms. The molecule has 0 fully saturated rings. The Morgan fingerprint density at radius 3 is 2.64 bits per heavy atom. The van der Waals surface area contributed by atoms with E-state index in [0.29, 0.717) is 23.0 Å². The third-order valence-electron chi connectivity index (χ3n) is 2.16. The summed E-state index contributed by atoms with van der Waals surface area (Å²) >= 11 is 11.9. The van der Waals surface area contributed by atoms with E-state index in [1.807, 2.05) is 12.1 Å². The van der Waals surface area contributed by atoms with Crippen LogP contribution >= 0.6 is 23.2 Å². The lowest BCUT2D eigenvalue weighted by Gasteiger charge is -2.15. The van der Waals surface area contributed by atoms with Gasteiger partial charge in [-0.25, -0.2) is 0 Å². The lowest BCUT2D eigenvalue weighted by atomic mass is 9.96. The molecule has 0 saturated carbocycles. The van der Waals surface area contributed by atoms with Crippen molar-refractivity contribution >= 4 is 23.2 Å². The standard InChI is InChI=1S/C10H13Cl2NO/c11-9-3-1-2-8(10(9)12)7(6-14)4-5-13/h1-3,7,14H,4-6,13H2. The highest BCUT2D eigenvalue weighted by atomic mass is 35.5. The van der Waals surface area contributed by atoms with Gasteiger partial charge in [0.05, 0.1) is 16.7 Å². The summed E-state index contributed by atoms with van der Waals surface area (Å²) in [6.45, 7) is 0.561. The molecule has 0 spiro atoms. The van der Waals surface area contributed by atoms with Crippen LogP contribution in [0.5, 0.6) is 0 Å². The van der Waals surface area contributed by atoms with Gasteiger partial charge in [-0.1, -0.05) is 35.3 Å². The van der Waals surface area contributed by atoms with Crippen LogP contribution in [0.15, 0.2) is 18.2 Å². The molecule has 0 saturated heterocycles. The highest BCUT2D eigenvalue weighted by molar-refractivity contribution is 6.42. The lowest BCUT2D eigenvalue weighted by Crippen LogP contribution is -2.11. The summed E-state index contributed by atoms with van der Waals surface area (Å²) in [6.07, 6.45) is 0.705. The molecule has 4 heteroatoms. The number of halogens is 2. The average molecular weight is 234 g/mol. The highest BCUT2D eigenvalue weighted by Crippen LogP contribution is 2.31. The largest absolute Gasteiger partial charge is 0.396 e. The Morgan fingerprint density at radius 2 is 2.07 bits per heavy atom. The van der Waals surface area contributed by atoms with E-state index in [2.05, 4.69) is 0 Å². The van der Waals surface area contributed by atoms with Gasteiger partial charge in [0.2, 0.25) is 0 Å². The fourth-order valence-electron chi connectivity index (χ4n) is 1.38. The number of hydrogen-bond donors (Lipinski definition) is 2. The summed E-state index contributed by atoms with van der Waals surface area (Å²) in [6, 6.07) is 5.41. The molecule has 1 rings (SSSR count). The topological polar surface area (TPSA) is 46.2 Å². The van der Waals surface area contributed by atoms with Gasteiger partial charge in [-0.3, -0.25) is 0 Å². The van der Waals surface area contributed by atoms with Gasteiger partial charge < -0.3 is 10.8 Å². The van der Waals surface area contributed by atoms with Crippen LogP contribution < -0.4 is 5.73 Å². The molecule has 0 bridgehead atoms. The molecule has 0 heterocycles. The number of aliphatic hydroxyl groups is 1. The predicted octanol–water partition coefficient (Wildman–Crippen LogP) is 2.42. The Labute approximate surface area is 93.6 Å². The van der Waals surface area contributed by atoms with Gasteiger partial charge in [-0.05, 0) is 24.6 Å². The summed E-state index contributed by atoms with van der Waals surface area (Å²) in [5.41, 5.74) is 6.31. The van der Waals surface area contributed by atoms with E-state index in [0.717, 1.165) is 5.56 Å². The van der Waals surface area contributed by atoms with Crippen LogP contribution in [0.25, 0.3) is 0 Å². The Kier molecular flexibility index (Phi) is 4.69. The van der Waals surface area contributed by atoms with Gasteiger partial charge in [0.1, 0.15) is 0 Å². The van der Waals surface area contributed by atoms with Crippen molar-refractivity contribution in [1.29, 1.82) is 0 Å². The maximum Gasteiger partial charge on any atom is 0.0627 e. The number of rotatable bonds is 4.